The van der Waals surface area contributed by atoms with Gasteiger partial charge >= 0.3 is 0 Å². The number of nitrogens with zero attached hydrogens (tertiary/aromatic N) is 4. The Morgan fingerprint density at radius 3 is 2.50 bits per heavy atom. The minimum absolute atomic E-state index is 0.0105. The predicted molar refractivity (Wildman–Crippen MR) is 111 cm³/mol. The van der Waals surface area contributed by atoms with Gasteiger partial charge in [0.05, 0.1) is 37.6 Å². The summed E-state index contributed by atoms with van der Waals surface area (Å²) in [6, 6.07) is 11.8. The summed E-state index contributed by atoms with van der Waals surface area (Å²) in [5.74, 6) is 0.278. The zero-order valence-electron chi connectivity index (χ0n) is 17.5. The van der Waals surface area contributed by atoms with Crippen molar-refractivity contribution < 1.29 is 9.47 Å². The first-order valence-corrected chi connectivity index (χ1v) is 9.88. The van der Waals surface area contributed by atoms with Gasteiger partial charge < -0.3 is 15.2 Å². The highest BCUT2D eigenvalue weighted by Gasteiger charge is 2.55. The van der Waals surface area contributed by atoms with Gasteiger partial charge in [0.15, 0.2) is 5.41 Å². The monoisotopic (exact) mass is 403 g/mol. The fourth-order valence-corrected chi connectivity index (χ4v) is 4.66. The van der Waals surface area contributed by atoms with Crippen LogP contribution in [0, 0.1) is 45.3 Å². The molecule has 0 fully saturated rings. The lowest BCUT2D eigenvalue weighted by molar-refractivity contribution is 0.205. The summed E-state index contributed by atoms with van der Waals surface area (Å²) >= 11 is 0. The molecule has 3 rings (SSSR count). The van der Waals surface area contributed by atoms with Crippen LogP contribution in [-0.4, -0.2) is 38.8 Å². The summed E-state index contributed by atoms with van der Waals surface area (Å²) < 4.78 is 11.0. The lowest BCUT2D eigenvalue weighted by atomic mass is 9.58. The number of fused-ring (bicyclic) bond motifs is 1. The topological polar surface area (TPSA) is 119 Å². The number of nitriles is 3. The van der Waals surface area contributed by atoms with Gasteiger partial charge in [0.1, 0.15) is 17.6 Å². The van der Waals surface area contributed by atoms with Crippen LogP contribution >= 0.6 is 0 Å². The molecule has 0 saturated heterocycles. The summed E-state index contributed by atoms with van der Waals surface area (Å²) in [5.41, 5.74) is 6.41. The van der Waals surface area contributed by atoms with Crippen LogP contribution in [0.4, 0.5) is 0 Å². The average Bonchev–Trinajstić information content (AvgIpc) is 2.78. The fourth-order valence-electron chi connectivity index (χ4n) is 4.66. The fraction of sp³-hybridized carbons (Fsp3) is 0.435. The Balaban J connectivity index is 2.34. The molecule has 1 heterocycles. The van der Waals surface area contributed by atoms with Crippen LogP contribution in [0.5, 0.6) is 11.5 Å². The van der Waals surface area contributed by atoms with E-state index in [2.05, 4.69) is 30.0 Å². The molecule has 30 heavy (non-hydrogen) atoms. The molecule has 7 heteroatoms. The Hall–Kier alpha value is -3.47. The van der Waals surface area contributed by atoms with Gasteiger partial charge in [-0.25, -0.2) is 0 Å². The highest BCUT2D eigenvalue weighted by molar-refractivity contribution is 5.61. The number of hydrogen-bond donors (Lipinski definition) is 1. The third kappa shape index (κ3) is 3.16. The molecule has 2 N–H and O–H groups in total. The Morgan fingerprint density at radius 2 is 1.93 bits per heavy atom. The van der Waals surface area contributed by atoms with E-state index in [9.17, 15) is 15.8 Å². The number of ether oxygens (including phenoxy) is 2. The number of hydrogen-bond acceptors (Lipinski definition) is 7. The molecule has 2 atom stereocenters. The van der Waals surface area contributed by atoms with Crippen molar-refractivity contribution in [1.29, 1.82) is 15.8 Å². The zero-order chi connectivity index (χ0) is 21.9. The summed E-state index contributed by atoms with van der Waals surface area (Å²) in [5, 5.41) is 30.2. The van der Waals surface area contributed by atoms with E-state index in [0.29, 0.717) is 30.2 Å². The lowest BCUT2D eigenvalue weighted by Crippen LogP contribution is -2.48. The van der Waals surface area contributed by atoms with E-state index in [1.54, 1.807) is 32.4 Å². The lowest BCUT2D eigenvalue weighted by Gasteiger charge is -2.45. The molecule has 154 valence electrons. The Bertz CT molecular complexity index is 1010. The van der Waals surface area contributed by atoms with Gasteiger partial charge in [-0.3, -0.25) is 4.90 Å². The van der Waals surface area contributed by atoms with Gasteiger partial charge in [0, 0.05) is 30.5 Å². The summed E-state index contributed by atoms with van der Waals surface area (Å²) in [4.78, 5) is 2.27. The van der Waals surface area contributed by atoms with Crippen molar-refractivity contribution in [3.63, 3.8) is 0 Å². The number of rotatable bonds is 5. The average molecular weight is 403 g/mol. The molecule has 0 unspecified atom stereocenters. The van der Waals surface area contributed by atoms with Crippen molar-refractivity contribution in [2.24, 2.45) is 17.1 Å². The maximum atomic E-state index is 10.2. The Morgan fingerprint density at radius 1 is 1.20 bits per heavy atom. The second-order valence-electron chi connectivity index (χ2n) is 7.54. The molecule has 0 bridgehead atoms. The van der Waals surface area contributed by atoms with Crippen molar-refractivity contribution in [3.05, 3.63) is 46.7 Å². The van der Waals surface area contributed by atoms with Crippen LogP contribution < -0.4 is 15.2 Å². The van der Waals surface area contributed by atoms with Crippen molar-refractivity contribution in [3.8, 4) is 29.7 Å². The van der Waals surface area contributed by atoms with Crippen LogP contribution in [0.2, 0.25) is 0 Å². The SMILES string of the molecule is CCCN1CC=C2C(C#N)=C(N)C(C#N)(C#N)[C@H](c3cc(OC)ccc3OC)[C@H]2C1. The number of allylic oxidation sites excluding steroid dienone is 2. The molecule has 1 aromatic carbocycles. The standard InChI is InChI=1S/C23H25N5O2/c1-4-8-28-9-7-16-18(11-24)22(27)23(13-25,14-26)21(19(16)12-28)17-10-15(29-2)5-6-20(17)30-3/h5-7,10,19,21H,4,8-9,12,27H2,1-3H3/t19-,21+/m0/s1. The molecule has 1 aliphatic carbocycles. The van der Waals surface area contributed by atoms with E-state index in [1.807, 2.05) is 6.08 Å². The Labute approximate surface area is 177 Å². The van der Waals surface area contributed by atoms with Crippen LogP contribution in [-0.2, 0) is 0 Å². The minimum Gasteiger partial charge on any atom is -0.497 e. The molecule has 0 amide bonds. The minimum atomic E-state index is -1.69. The molecule has 0 spiro atoms. The largest absolute Gasteiger partial charge is 0.497 e. The Kier molecular flexibility index (Phi) is 6.01. The molecular weight excluding hydrogens is 378 g/mol. The van der Waals surface area contributed by atoms with Gasteiger partial charge in [-0.05, 0) is 36.7 Å². The van der Waals surface area contributed by atoms with Crippen molar-refractivity contribution in [2.45, 2.75) is 19.3 Å². The van der Waals surface area contributed by atoms with E-state index in [4.69, 9.17) is 15.2 Å². The van der Waals surface area contributed by atoms with Crippen molar-refractivity contribution in [1.82, 2.24) is 4.90 Å². The van der Waals surface area contributed by atoms with E-state index >= 15 is 0 Å². The van der Waals surface area contributed by atoms with Gasteiger partial charge in [-0.1, -0.05) is 13.0 Å². The van der Waals surface area contributed by atoms with Crippen LogP contribution in [0.3, 0.4) is 0 Å². The van der Waals surface area contributed by atoms with Gasteiger partial charge in [0.2, 0.25) is 0 Å². The highest BCUT2D eigenvalue weighted by atomic mass is 16.5. The molecule has 1 aliphatic heterocycles. The molecule has 2 aliphatic rings. The number of methoxy groups -OCH3 is 2. The molecule has 7 nitrogen and oxygen atoms in total. The van der Waals surface area contributed by atoms with Crippen LogP contribution in [0.1, 0.15) is 24.8 Å². The smallest absolute Gasteiger partial charge is 0.191 e. The van der Waals surface area contributed by atoms with Gasteiger partial charge in [-0.2, -0.15) is 15.8 Å². The maximum Gasteiger partial charge on any atom is 0.191 e. The maximum absolute atomic E-state index is 10.2. The van der Waals surface area contributed by atoms with E-state index in [1.165, 1.54) is 0 Å². The third-order valence-electron chi connectivity index (χ3n) is 6.05. The van der Waals surface area contributed by atoms with Crippen LogP contribution in [0.25, 0.3) is 0 Å². The quantitative estimate of drug-likeness (QED) is 0.803. The first-order chi connectivity index (χ1) is 14.5. The van der Waals surface area contributed by atoms with E-state index in [0.717, 1.165) is 18.5 Å². The summed E-state index contributed by atoms with van der Waals surface area (Å²) in [6.45, 7) is 4.31. The zero-order valence-corrected chi connectivity index (χ0v) is 17.5. The van der Waals surface area contributed by atoms with Crippen molar-refractivity contribution in [2.75, 3.05) is 33.9 Å². The van der Waals surface area contributed by atoms with Gasteiger partial charge in [-0.15, -0.1) is 0 Å². The van der Waals surface area contributed by atoms with E-state index < -0.39 is 11.3 Å². The highest BCUT2D eigenvalue weighted by Crippen LogP contribution is 2.56. The second kappa shape index (κ2) is 8.49. The molecule has 0 saturated carbocycles. The normalized spacial score (nSPS) is 22.7. The molecule has 0 radical (unpaired) electrons. The van der Waals surface area contributed by atoms with E-state index in [-0.39, 0.29) is 17.2 Å². The molecular formula is C23H25N5O2. The summed E-state index contributed by atoms with van der Waals surface area (Å²) in [7, 11) is 3.11. The third-order valence-corrected chi connectivity index (χ3v) is 6.05. The van der Waals surface area contributed by atoms with Gasteiger partial charge in [0.25, 0.3) is 0 Å². The summed E-state index contributed by atoms with van der Waals surface area (Å²) in [6.07, 6.45) is 2.99. The second-order valence-corrected chi connectivity index (χ2v) is 7.54. The predicted octanol–water partition coefficient (Wildman–Crippen LogP) is 2.84. The molecule has 1 aromatic rings. The first-order valence-electron chi connectivity index (χ1n) is 9.88. The number of benzene rings is 1. The molecule has 0 aromatic heterocycles. The first kappa shape index (κ1) is 21.2. The van der Waals surface area contributed by atoms with Crippen molar-refractivity contribution >= 4 is 0 Å². The number of nitrogens with two attached hydrogens (primary N) is 1. The van der Waals surface area contributed by atoms with Crippen LogP contribution in [0.15, 0.2) is 41.1 Å².